The summed E-state index contributed by atoms with van der Waals surface area (Å²) < 4.78 is 98.2. The van der Waals surface area contributed by atoms with Crippen molar-refractivity contribution < 1.29 is 38.6 Å². The molecule has 2 aliphatic heterocycles. The van der Waals surface area contributed by atoms with Gasteiger partial charge in [0.25, 0.3) is 23.6 Å². The number of hydrogen-bond donors (Lipinski definition) is 2. The second kappa shape index (κ2) is 11.6. The van der Waals surface area contributed by atoms with Crippen LogP contribution in [0.4, 0.5) is 22.7 Å². The van der Waals surface area contributed by atoms with Crippen LogP contribution in [0.25, 0.3) is 22.3 Å². The Kier molecular flexibility index (Phi) is 5.36. The van der Waals surface area contributed by atoms with Crippen molar-refractivity contribution in [2.24, 2.45) is 0 Å². The van der Waals surface area contributed by atoms with Crippen LogP contribution in [-0.2, 0) is 9.84 Å². The van der Waals surface area contributed by atoms with E-state index >= 15 is 0 Å². The zero-order valence-corrected chi connectivity index (χ0v) is 26.8. The highest BCUT2D eigenvalue weighted by molar-refractivity contribution is 7.91. The summed E-state index contributed by atoms with van der Waals surface area (Å²) >= 11 is 0. The summed E-state index contributed by atoms with van der Waals surface area (Å²) in [7, 11) is -5.50. The van der Waals surface area contributed by atoms with Crippen LogP contribution in [0.5, 0.6) is 0 Å². The molecule has 0 saturated carbocycles. The Hall–Kier alpha value is -6.85. The Morgan fingerprint density at radius 2 is 0.745 bits per heavy atom. The number of imide groups is 2. The maximum atomic E-state index is 14.3. The topological polar surface area (TPSA) is 161 Å². The van der Waals surface area contributed by atoms with Crippen molar-refractivity contribution in [2.75, 3.05) is 21.3 Å². The van der Waals surface area contributed by atoms with Crippen molar-refractivity contribution in [1.29, 1.82) is 0 Å². The van der Waals surface area contributed by atoms with Gasteiger partial charge in [-0.3, -0.25) is 19.2 Å². The minimum absolute atomic E-state index is 0.119. The number of sulfone groups is 1. The lowest BCUT2D eigenvalue weighted by atomic mass is 10.00. The van der Waals surface area contributed by atoms with Crippen molar-refractivity contribution in [3.8, 4) is 22.3 Å². The predicted molar refractivity (Wildman–Crippen MR) is 193 cm³/mol. The monoisotopic (exact) mass is 698 g/mol. The zero-order valence-electron chi connectivity index (χ0n) is 34.0. The first-order chi connectivity index (χ1) is 27.9. The summed E-state index contributed by atoms with van der Waals surface area (Å²) in [5.74, 6) is -4.03. The molecule has 2 heterocycles. The van der Waals surface area contributed by atoms with Crippen molar-refractivity contribution in [3.05, 3.63) is 156 Å². The van der Waals surface area contributed by atoms with Gasteiger partial charge in [-0.2, -0.15) is 0 Å². The number of rotatable bonds is 6. The number of nitrogens with zero attached hydrogens (tertiary/aromatic N) is 2. The molecule has 0 bridgehead atoms. The maximum absolute atomic E-state index is 14.3. The fraction of sp³-hybridized carbons (Fsp3) is 0. The molecule has 0 radical (unpaired) electrons. The van der Waals surface area contributed by atoms with Gasteiger partial charge < -0.3 is 11.5 Å². The minimum Gasteiger partial charge on any atom is -0.399 e. The Bertz CT molecular complexity index is 2800. The first-order valence-electron chi connectivity index (χ1n) is 19.1. The molecule has 0 aliphatic carbocycles. The fourth-order valence-electron chi connectivity index (χ4n) is 5.78. The van der Waals surface area contributed by atoms with E-state index in [0.717, 1.165) is 0 Å². The molecular weight excluding hydrogens is 665 g/mol. The van der Waals surface area contributed by atoms with E-state index in [2.05, 4.69) is 0 Å². The van der Waals surface area contributed by atoms with E-state index < -0.39 is 103 Å². The molecule has 6 aromatic carbocycles. The fourth-order valence-corrected chi connectivity index (χ4v) is 6.73. The van der Waals surface area contributed by atoms with Crippen LogP contribution >= 0.6 is 0 Å². The summed E-state index contributed by atoms with van der Waals surface area (Å²) in [6.45, 7) is 0. The highest BCUT2D eigenvalue weighted by Crippen LogP contribution is 2.35. The summed E-state index contributed by atoms with van der Waals surface area (Å²) in [4.78, 5) is 52.7. The summed E-state index contributed by atoms with van der Waals surface area (Å²) in [6, 6.07) is 12.3. The van der Waals surface area contributed by atoms with Gasteiger partial charge >= 0.3 is 0 Å². The van der Waals surface area contributed by atoms with Gasteiger partial charge in [0.2, 0.25) is 9.84 Å². The number of carbonyl (C=O) groups is 4. The molecule has 6 aromatic rings. The Balaban J connectivity index is 1.18. The van der Waals surface area contributed by atoms with Gasteiger partial charge in [0, 0.05) is 11.4 Å². The predicted octanol–water partition coefficient (Wildman–Crippen LogP) is 6.62. The second-order valence-electron chi connectivity index (χ2n) is 11.5. The number of carbonyl (C=O) groups excluding carboxylic acids is 4. The summed E-state index contributed by atoms with van der Waals surface area (Å²) in [5, 5.41) is 0. The van der Waals surface area contributed by atoms with Gasteiger partial charge in [-0.1, -0.05) is 36.4 Å². The maximum Gasteiger partial charge on any atom is 0.266 e. The van der Waals surface area contributed by atoms with Crippen molar-refractivity contribution >= 4 is 56.2 Å². The van der Waals surface area contributed by atoms with Gasteiger partial charge in [0.15, 0.2) is 0 Å². The number of nitrogens with two attached hydrogens (primary N) is 2. The minimum atomic E-state index is -5.50. The molecule has 0 fully saturated rings. The van der Waals surface area contributed by atoms with E-state index in [-0.39, 0.29) is 22.3 Å². The summed E-state index contributed by atoms with van der Waals surface area (Å²) in [6.07, 6.45) is 0. The van der Waals surface area contributed by atoms with Crippen LogP contribution in [0, 0.1) is 0 Å². The molecule has 0 atom stereocenters. The van der Waals surface area contributed by atoms with Gasteiger partial charge in [-0.05, 0) is 119 Å². The van der Waals surface area contributed by atoms with Crippen LogP contribution in [0.15, 0.2) is 143 Å². The number of fused-ring (bicyclic) bond motifs is 2. The molecule has 51 heavy (non-hydrogen) atoms. The molecule has 0 aromatic heterocycles. The van der Waals surface area contributed by atoms with E-state index in [9.17, 15) is 27.6 Å². The van der Waals surface area contributed by atoms with E-state index in [0.29, 0.717) is 43.4 Å². The lowest BCUT2D eigenvalue weighted by molar-refractivity contribution is 0.0910. The largest absolute Gasteiger partial charge is 0.399 e. The molecule has 2 aliphatic rings. The molecule has 4 amide bonds. The van der Waals surface area contributed by atoms with E-state index in [1.165, 1.54) is 24.3 Å². The van der Waals surface area contributed by atoms with Crippen molar-refractivity contribution in [2.45, 2.75) is 9.79 Å². The van der Waals surface area contributed by atoms with E-state index in [1.807, 2.05) is 0 Å². The third-order valence-corrected chi connectivity index (χ3v) is 9.91. The highest BCUT2D eigenvalue weighted by Gasteiger charge is 2.38. The van der Waals surface area contributed by atoms with E-state index in [4.69, 9.17) is 22.4 Å². The number of nitrogen functional groups attached to an aromatic ring is 2. The molecule has 10 nitrogen and oxygen atoms in total. The van der Waals surface area contributed by atoms with Crippen LogP contribution in [-0.4, -0.2) is 32.0 Å². The molecule has 11 heteroatoms. The van der Waals surface area contributed by atoms with Gasteiger partial charge in [-0.25, -0.2) is 18.2 Å². The molecule has 0 unspecified atom stereocenters. The second-order valence-corrected chi connectivity index (χ2v) is 13.3. The van der Waals surface area contributed by atoms with Crippen LogP contribution in [0.3, 0.4) is 0 Å². The SMILES string of the molecule is [2H]c1c([2H])c(S(=O)(=O)c2c([2H])c([2H])c(N3C(=O)c4ccc(-c5ccc(N)cc5)cc4C3=O)c([2H])c2[2H])c([2H])c([2H])c1N1C(=O)c2ccc(-c3ccc(N)cc3)cc2C1=O. The number of benzene rings is 6. The van der Waals surface area contributed by atoms with Crippen molar-refractivity contribution in [3.63, 3.8) is 0 Å². The smallest absolute Gasteiger partial charge is 0.266 e. The highest BCUT2D eigenvalue weighted by atomic mass is 32.2. The average molecular weight is 699 g/mol. The van der Waals surface area contributed by atoms with Gasteiger partial charge in [0.1, 0.15) is 0 Å². The molecule has 0 saturated heterocycles. The van der Waals surface area contributed by atoms with Crippen LogP contribution in [0.2, 0.25) is 0 Å². The zero-order chi connectivity index (χ0) is 42.6. The Morgan fingerprint density at radius 1 is 0.431 bits per heavy atom. The first-order valence-corrected chi connectivity index (χ1v) is 16.6. The third-order valence-electron chi connectivity index (χ3n) is 8.42. The molecule has 0 spiro atoms. The Labute approximate surface area is 303 Å². The number of hydrogen-bond acceptors (Lipinski definition) is 8. The standard InChI is InChI=1S/C40H26N4O6S/c41-27-7-1-23(2-8-27)25-5-19-33-35(21-25)39(47)43(37(33)45)29-11-15-31(16-12-29)51(49,50)32-17-13-30(14-18-32)44-38(46)34-20-6-26(22-36(34)40(44)48)24-3-9-28(42)10-4-24/h1-22H,41-42H2/i11D,12D,13D,14D,15D,16D,17D,18D. The molecule has 8 rings (SSSR count). The quantitative estimate of drug-likeness (QED) is 0.145. The molecule has 4 N–H and O–H groups in total. The summed E-state index contributed by atoms with van der Waals surface area (Å²) in [5.41, 5.74) is 12.6. The number of anilines is 4. The van der Waals surface area contributed by atoms with Gasteiger partial charge in [0.05, 0.1) is 54.4 Å². The van der Waals surface area contributed by atoms with Crippen molar-refractivity contribution in [1.82, 2.24) is 0 Å². The molecule has 248 valence electrons. The lowest BCUT2D eigenvalue weighted by Crippen LogP contribution is -2.29. The first kappa shape index (κ1) is 23.5. The number of amides is 4. The lowest BCUT2D eigenvalue weighted by Gasteiger charge is -2.15. The van der Waals surface area contributed by atoms with Crippen LogP contribution in [0.1, 0.15) is 52.4 Å². The molecular formula is C40H26N4O6S. The third kappa shape index (κ3) is 5.15. The van der Waals surface area contributed by atoms with Gasteiger partial charge in [-0.15, -0.1) is 0 Å². The van der Waals surface area contributed by atoms with E-state index in [1.54, 1.807) is 60.7 Å². The van der Waals surface area contributed by atoms with Crippen LogP contribution < -0.4 is 21.3 Å². The Morgan fingerprint density at radius 3 is 1.10 bits per heavy atom. The normalized spacial score (nSPS) is 16.1. The average Bonchev–Trinajstić information content (AvgIpc) is 3.60.